The number of aliphatic hydroxyl groups is 1. The topological polar surface area (TPSA) is 58.5 Å². The highest BCUT2D eigenvalue weighted by Crippen LogP contribution is 2.44. The van der Waals surface area contributed by atoms with Gasteiger partial charge in [-0.15, -0.1) is 0 Å². The van der Waals surface area contributed by atoms with Gasteiger partial charge in [0.1, 0.15) is 5.60 Å². The van der Waals surface area contributed by atoms with Gasteiger partial charge in [-0.2, -0.15) is 0 Å². The van der Waals surface area contributed by atoms with Gasteiger partial charge < -0.3 is 9.84 Å². The molecular weight excluding hydrogens is 418 g/mol. The van der Waals surface area contributed by atoms with Gasteiger partial charge >= 0.3 is 0 Å². The minimum absolute atomic E-state index is 0.317. The van der Waals surface area contributed by atoms with Crippen LogP contribution in [0, 0.1) is 0 Å². The molecule has 3 aromatic rings. The second-order valence-electron chi connectivity index (χ2n) is 6.86. The van der Waals surface area contributed by atoms with Crippen LogP contribution in [0.5, 0.6) is 0 Å². The molecular formula is C22H22BrN3O2. The number of benzene rings is 1. The molecule has 1 unspecified atom stereocenters. The molecule has 28 heavy (non-hydrogen) atoms. The van der Waals surface area contributed by atoms with Crippen molar-refractivity contribution in [2.24, 2.45) is 0 Å². The lowest BCUT2D eigenvalue weighted by Gasteiger charge is -2.45. The van der Waals surface area contributed by atoms with Crippen molar-refractivity contribution in [2.75, 3.05) is 26.3 Å². The lowest BCUT2D eigenvalue weighted by molar-refractivity contribution is -0.0622. The molecule has 3 heterocycles. The van der Waals surface area contributed by atoms with Crippen molar-refractivity contribution in [3.8, 4) is 0 Å². The van der Waals surface area contributed by atoms with Crippen LogP contribution in [-0.4, -0.2) is 46.3 Å². The molecule has 1 saturated heterocycles. The summed E-state index contributed by atoms with van der Waals surface area (Å²) >= 11 is 3.58. The summed E-state index contributed by atoms with van der Waals surface area (Å²) < 4.78 is 6.55. The Bertz CT molecular complexity index is 862. The van der Waals surface area contributed by atoms with E-state index >= 15 is 0 Å². The average molecular weight is 440 g/mol. The number of hydrogen-bond donors (Lipinski definition) is 1. The van der Waals surface area contributed by atoms with Crippen LogP contribution in [0.1, 0.15) is 22.7 Å². The first-order valence-corrected chi connectivity index (χ1v) is 10.1. The van der Waals surface area contributed by atoms with E-state index in [2.05, 4.69) is 42.9 Å². The van der Waals surface area contributed by atoms with Gasteiger partial charge in [0.25, 0.3) is 0 Å². The van der Waals surface area contributed by atoms with E-state index in [0.29, 0.717) is 13.2 Å². The number of ether oxygens (including phenoxy) is 1. The molecule has 2 aromatic heterocycles. The standard InChI is InChI=1S/C22H22BrN3O2/c23-20-7-1-4-17(14-20)21(26-10-12-28-13-11-26)22(27,18-5-2-8-24-15-18)19-6-3-9-25-16-19/h1-9,14-16,21,27H,10-13H2. The van der Waals surface area contributed by atoms with Gasteiger partial charge in [-0.25, -0.2) is 0 Å². The van der Waals surface area contributed by atoms with Gasteiger partial charge in [-0.1, -0.05) is 40.2 Å². The van der Waals surface area contributed by atoms with Gasteiger partial charge in [-0.05, 0) is 29.8 Å². The molecule has 5 nitrogen and oxygen atoms in total. The molecule has 1 aliphatic rings. The molecule has 0 spiro atoms. The number of pyridine rings is 2. The molecule has 6 heteroatoms. The van der Waals surface area contributed by atoms with Crippen LogP contribution in [0.4, 0.5) is 0 Å². The lowest BCUT2D eigenvalue weighted by atomic mass is 9.77. The Kier molecular flexibility index (Phi) is 5.82. The van der Waals surface area contributed by atoms with Crippen molar-refractivity contribution in [1.82, 2.24) is 14.9 Å². The quantitative estimate of drug-likeness (QED) is 0.658. The highest BCUT2D eigenvalue weighted by Gasteiger charge is 2.45. The minimum atomic E-state index is -1.32. The van der Waals surface area contributed by atoms with E-state index < -0.39 is 5.60 Å². The predicted octanol–water partition coefficient (Wildman–Crippen LogP) is 3.55. The molecule has 0 amide bonds. The molecule has 0 radical (unpaired) electrons. The largest absolute Gasteiger partial charge is 0.379 e. The van der Waals surface area contributed by atoms with Crippen molar-refractivity contribution >= 4 is 15.9 Å². The zero-order chi connectivity index (χ0) is 19.4. The van der Waals surface area contributed by atoms with Crippen LogP contribution in [0.25, 0.3) is 0 Å². The molecule has 1 aliphatic heterocycles. The highest BCUT2D eigenvalue weighted by atomic mass is 79.9. The van der Waals surface area contributed by atoms with Crippen molar-refractivity contribution in [2.45, 2.75) is 11.6 Å². The Labute approximate surface area is 173 Å². The van der Waals surface area contributed by atoms with Crippen molar-refractivity contribution in [3.05, 3.63) is 94.5 Å². The normalized spacial score (nSPS) is 16.6. The van der Waals surface area contributed by atoms with Crippen LogP contribution in [0.2, 0.25) is 0 Å². The smallest absolute Gasteiger partial charge is 0.137 e. The predicted molar refractivity (Wildman–Crippen MR) is 111 cm³/mol. The molecule has 144 valence electrons. The number of hydrogen-bond acceptors (Lipinski definition) is 5. The summed E-state index contributed by atoms with van der Waals surface area (Å²) in [5.41, 5.74) is 1.17. The fourth-order valence-electron chi connectivity index (χ4n) is 3.89. The SMILES string of the molecule is OC(c1cccnc1)(c1cccnc1)C(c1cccc(Br)c1)N1CCOCC1. The molecule has 0 saturated carbocycles. The lowest BCUT2D eigenvalue weighted by Crippen LogP contribution is -2.49. The molecule has 4 rings (SSSR count). The fraction of sp³-hybridized carbons (Fsp3) is 0.273. The maximum absolute atomic E-state index is 12.3. The Hall–Kier alpha value is -2.12. The molecule has 0 bridgehead atoms. The Morgan fingerprint density at radius 1 is 0.964 bits per heavy atom. The Morgan fingerprint density at radius 2 is 1.61 bits per heavy atom. The minimum Gasteiger partial charge on any atom is -0.379 e. The monoisotopic (exact) mass is 439 g/mol. The van der Waals surface area contributed by atoms with Crippen molar-refractivity contribution < 1.29 is 9.84 Å². The van der Waals surface area contributed by atoms with E-state index in [-0.39, 0.29) is 6.04 Å². The maximum Gasteiger partial charge on any atom is 0.137 e. The zero-order valence-electron chi connectivity index (χ0n) is 15.4. The van der Waals surface area contributed by atoms with Crippen LogP contribution in [0.3, 0.4) is 0 Å². The van der Waals surface area contributed by atoms with E-state index in [1.54, 1.807) is 24.8 Å². The number of rotatable bonds is 5. The van der Waals surface area contributed by atoms with E-state index in [1.165, 1.54) is 0 Å². The number of nitrogens with zero attached hydrogens (tertiary/aromatic N) is 3. The third-order valence-corrected chi connectivity index (χ3v) is 5.67. The first kappa shape index (κ1) is 19.2. The van der Waals surface area contributed by atoms with Gasteiger partial charge in [-0.3, -0.25) is 14.9 Å². The highest BCUT2D eigenvalue weighted by molar-refractivity contribution is 9.10. The third kappa shape index (κ3) is 3.73. The summed E-state index contributed by atoms with van der Waals surface area (Å²) in [6.07, 6.45) is 6.91. The summed E-state index contributed by atoms with van der Waals surface area (Å²) in [6, 6.07) is 15.4. The van der Waals surface area contributed by atoms with E-state index in [9.17, 15) is 5.11 Å². The summed E-state index contributed by atoms with van der Waals surface area (Å²) in [5.74, 6) is 0. The average Bonchev–Trinajstić information content (AvgIpc) is 2.76. The maximum atomic E-state index is 12.3. The molecule has 0 aliphatic carbocycles. The first-order chi connectivity index (χ1) is 13.7. The summed E-state index contributed by atoms with van der Waals surface area (Å²) in [7, 11) is 0. The molecule has 1 fully saturated rings. The van der Waals surface area contributed by atoms with Crippen LogP contribution >= 0.6 is 15.9 Å². The second-order valence-corrected chi connectivity index (χ2v) is 7.77. The van der Waals surface area contributed by atoms with Crippen LogP contribution in [-0.2, 0) is 10.3 Å². The Balaban J connectivity index is 1.93. The first-order valence-electron chi connectivity index (χ1n) is 9.30. The summed E-state index contributed by atoms with van der Waals surface area (Å²) in [5, 5.41) is 12.3. The third-order valence-electron chi connectivity index (χ3n) is 5.17. The van der Waals surface area contributed by atoms with Crippen molar-refractivity contribution in [1.29, 1.82) is 0 Å². The summed E-state index contributed by atoms with van der Waals surface area (Å²) in [4.78, 5) is 10.8. The van der Waals surface area contributed by atoms with Gasteiger partial charge in [0.05, 0.1) is 19.3 Å². The molecule has 1 aromatic carbocycles. The number of morpholine rings is 1. The zero-order valence-corrected chi connectivity index (χ0v) is 17.0. The molecule has 1 N–H and O–H groups in total. The summed E-state index contributed by atoms with van der Waals surface area (Å²) in [6.45, 7) is 2.75. The van der Waals surface area contributed by atoms with Crippen LogP contribution in [0.15, 0.2) is 77.8 Å². The van der Waals surface area contributed by atoms with Crippen LogP contribution < -0.4 is 0 Å². The van der Waals surface area contributed by atoms with Crippen molar-refractivity contribution in [3.63, 3.8) is 0 Å². The number of halogens is 1. The fourth-order valence-corrected chi connectivity index (χ4v) is 4.30. The van der Waals surface area contributed by atoms with Gasteiger partial charge in [0, 0.05) is 53.5 Å². The Morgan fingerprint density at radius 3 is 2.14 bits per heavy atom. The van der Waals surface area contributed by atoms with E-state index in [0.717, 1.165) is 34.3 Å². The van der Waals surface area contributed by atoms with Gasteiger partial charge in [0.15, 0.2) is 0 Å². The van der Waals surface area contributed by atoms with E-state index in [1.807, 2.05) is 36.4 Å². The van der Waals surface area contributed by atoms with E-state index in [4.69, 9.17) is 4.74 Å². The second kappa shape index (κ2) is 8.49. The molecule has 1 atom stereocenters. The number of aromatic nitrogens is 2. The van der Waals surface area contributed by atoms with Gasteiger partial charge in [0.2, 0.25) is 0 Å².